The van der Waals surface area contributed by atoms with Crippen LogP contribution in [-0.4, -0.2) is 0 Å². The first-order valence-corrected chi connectivity index (χ1v) is 6.16. The van der Waals surface area contributed by atoms with E-state index >= 15 is 0 Å². The molecule has 0 unspecified atom stereocenters. The molecule has 0 N–H and O–H groups in total. The Kier molecular flexibility index (Phi) is 3.63. The van der Waals surface area contributed by atoms with Gasteiger partial charge in [0.25, 0.3) is 0 Å². The highest BCUT2D eigenvalue weighted by Crippen LogP contribution is 2.06. The summed E-state index contributed by atoms with van der Waals surface area (Å²) in [4.78, 5) is 0. The van der Waals surface area contributed by atoms with E-state index in [0.717, 1.165) is 11.1 Å². The lowest BCUT2D eigenvalue weighted by Gasteiger charge is -1.92. The molecule has 0 atom stereocenters. The van der Waals surface area contributed by atoms with Crippen LogP contribution in [0.15, 0.2) is 48.5 Å². The van der Waals surface area contributed by atoms with Gasteiger partial charge in [0.15, 0.2) is 0 Å². The van der Waals surface area contributed by atoms with E-state index in [1.54, 1.807) is 0 Å². The molecule has 1 heteroatoms. The summed E-state index contributed by atoms with van der Waals surface area (Å²) in [6.07, 6.45) is 0. The van der Waals surface area contributed by atoms with Crippen LogP contribution in [0.1, 0.15) is 16.7 Å². The van der Waals surface area contributed by atoms with Crippen molar-refractivity contribution < 1.29 is 0 Å². The molecule has 0 saturated carbocycles. The van der Waals surface area contributed by atoms with Gasteiger partial charge in [-0.15, -0.1) is 0 Å². The van der Waals surface area contributed by atoms with Crippen molar-refractivity contribution in [1.29, 1.82) is 0 Å². The lowest BCUT2D eigenvalue weighted by Crippen LogP contribution is -1.77. The van der Waals surface area contributed by atoms with Gasteiger partial charge in [0, 0.05) is 14.7 Å². The maximum atomic E-state index is 3.16. The van der Waals surface area contributed by atoms with Crippen molar-refractivity contribution in [2.75, 3.05) is 0 Å². The van der Waals surface area contributed by atoms with Gasteiger partial charge in [0.1, 0.15) is 0 Å². The van der Waals surface area contributed by atoms with E-state index in [4.69, 9.17) is 0 Å². The predicted molar refractivity (Wildman–Crippen MR) is 76.3 cm³/mol. The summed E-state index contributed by atoms with van der Waals surface area (Å²) in [6, 6.07) is 16.5. The van der Waals surface area contributed by atoms with Crippen LogP contribution < -0.4 is 0 Å². The zero-order valence-corrected chi connectivity index (χ0v) is 11.2. The van der Waals surface area contributed by atoms with E-state index in [2.05, 4.69) is 77.8 Å². The molecule has 0 nitrogen and oxygen atoms in total. The molecule has 2 rings (SSSR count). The third kappa shape index (κ3) is 3.11. The first kappa shape index (κ1) is 11.2. The van der Waals surface area contributed by atoms with Crippen molar-refractivity contribution in [2.24, 2.45) is 0 Å². The maximum absolute atomic E-state index is 3.16. The standard InChI is InChI=1S/C15H11I/c1-12-2-4-13(5-3-12)6-7-14-8-10-15(16)11-9-14/h2-5,8-11H,1H3. The van der Waals surface area contributed by atoms with E-state index in [1.807, 2.05) is 12.1 Å². The lowest BCUT2D eigenvalue weighted by molar-refractivity contribution is 1.46. The Hall–Kier alpha value is -1.27. The summed E-state index contributed by atoms with van der Waals surface area (Å²) < 4.78 is 1.23. The molecule has 0 bridgehead atoms. The Morgan fingerprint density at radius 1 is 0.750 bits per heavy atom. The van der Waals surface area contributed by atoms with Crippen LogP contribution in [0.3, 0.4) is 0 Å². The molecule has 78 valence electrons. The van der Waals surface area contributed by atoms with E-state index < -0.39 is 0 Å². The van der Waals surface area contributed by atoms with Crippen LogP contribution in [0, 0.1) is 22.3 Å². The molecule has 0 aromatic heterocycles. The van der Waals surface area contributed by atoms with Crippen LogP contribution in [0.25, 0.3) is 0 Å². The fourth-order valence-electron chi connectivity index (χ4n) is 1.31. The van der Waals surface area contributed by atoms with Gasteiger partial charge in [0.05, 0.1) is 0 Å². The fourth-order valence-corrected chi connectivity index (χ4v) is 1.67. The highest BCUT2D eigenvalue weighted by Gasteiger charge is 1.88. The lowest BCUT2D eigenvalue weighted by atomic mass is 10.1. The molecular weight excluding hydrogens is 307 g/mol. The Labute approximate surface area is 110 Å². The van der Waals surface area contributed by atoms with Crippen molar-refractivity contribution in [3.05, 3.63) is 68.8 Å². The fraction of sp³-hybridized carbons (Fsp3) is 0.0667. The average Bonchev–Trinajstić information content (AvgIpc) is 2.30. The average molecular weight is 318 g/mol. The van der Waals surface area contributed by atoms with Gasteiger partial charge in [-0.25, -0.2) is 0 Å². The number of aryl methyl sites for hydroxylation is 1. The minimum absolute atomic E-state index is 1.06. The topological polar surface area (TPSA) is 0 Å². The quantitative estimate of drug-likeness (QED) is 0.509. The highest BCUT2D eigenvalue weighted by atomic mass is 127. The Balaban J connectivity index is 2.21. The van der Waals surface area contributed by atoms with Crippen molar-refractivity contribution in [3.63, 3.8) is 0 Å². The SMILES string of the molecule is Cc1ccc(C#Cc2ccc(I)cc2)cc1. The minimum Gasteiger partial charge on any atom is -0.0617 e. The van der Waals surface area contributed by atoms with Crippen LogP contribution in [0.2, 0.25) is 0 Å². The van der Waals surface area contributed by atoms with Gasteiger partial charge in [-0.2, -0.15) is 0 Å². The van der Waals surface area contributed by atoms with Gasteiger partial charge < -0.3 is 0 Å². The summed E-state index contributed by atoms with van der Waals surface area (Å²) in [5.41, 5.74) is 3.38. The second-order valence-corrected chi connectivity index (χ2v) is 4.87. The Morgan fingerprint density at radius 2 is 1.19 bits per heavy atom. The zero-order chi connectivity index (χ0) is 11.4. The van der Waals surface area contributed by atoms with Crippen LogP contribution >= 0.6 is 22.6 Å². The molecular formula is C15H11I. The van der Waals surface area contributed by atoms with Gasteiger partial charge in [-0.1, -0.05) is 29.5 Å². The van der Waals surface area contributed by atoms with E-state index in [0.29, 0.717) is 0 Å². The molecule has 0 radical (unpaired) electrons. The number of benzene rings is 2. The van der Waals surface area contributed by atoms with Gasteiger partial charge in [-0.05, 0) is 65.9 Å². The molecule has 0 saturated heterocycles. The van der Waals surface area contributed by atoms with Crippen molar-refractivity contribution in [3.8, 4) is 11.8 Å². The molecule has 0 aliphatic rings. The van der Waals surface area contributed by atoms with Crippen molar-refractivity contribution in [1.82, 2.24) is 0 Å². The maximum Gasteiger partial charge on any atom is 0.0249 e. The number of halogens is 1. The van der Waals surface area contributed by atoms with Gasteiger partial charge >= 0.3 is 0 Å². The molecule has 0 amide bonds. The normalized spacial score (nSPS) is 9.38. The molecule has 0 aliphatic heterocycles. The molecule has 16 heavy (non-hydrogen) atoms. The molecule has 0 spiro atoms. The molecule has 0 aliphatic carbocycles. The second-order valence-electron chi connectivity index (χ2n) is 3.62. The largest absolute Gasteiger partial charge is 0.0617 e. The predicted octanol–water partition coefficient (Wildman–Crippen LogP) is 4.00. The minimum atomic E-state index is 1.06. The molecule has 2 aromatic carbocycles. The van der Waals surface area contributed by atoms with E-state index in [-0.39, 0.29) is 0 Å². The second kappa shape index (κ2) is 5.18. The zero-order valence-electron chi connectivity index (χ0n) is 9.00. The van der Waals surface area contributed by atoms with Crippen molar-refractivity contribution in [2.45, 2.75) is 6.92 Å². The smallest absolute Gasteiger partial charge is 0.0249 e. The monoisotopic (exact) mass is 318 g/mol. The molecule has 0 heterocycles. The third-order valence-corrected chi connectivity index (χ3v) is 2.97. The summed E-state index contributed by atoms with van der Waals surface area (Å²) in [5, 5.41) is 0. The first-order valence-electron chi connectivity index (χ1n) is 5.08. The number of rotatable bonds is 0. The Morgan fingerprint density at radius 3 is 1.69 bits per heavy atom. The molecule has 2 aromatic rings. The van der Waals surface area contributed by atoms with Crippen molar-refractivity contribution >= 4 is 22.6 Å². The molecule has 0 fully saturated rings. The summed E-state index contributed by atoms with van der Waals surface area (Å²) in [6.45, 7) is 2.08. The number of hydrogen-bond acceptors (Lipinski definition) is 0. The summed E-state index contributed by atoms with van der Waals surface area (Å²) in [5.74, 6) is 6.31. The van der Waals surface area contributed by atoms with Crippen LogP contribution in [0.5, 0.6) is 0 Å². The van der Waals surface area contributed by atoms with Crippen LogP contribution in [0.4, 0.5) is 0 Å². The third-order valence-electron chi connectivity index (χ3n) is 2.25. The highest BCUT2D eigenvalue weighted by molar-refractivity contribution is 14.1. The van der Waals surface area contributed by atoms with Gasteiger partial charge in [-0.3, -0.25) is 0 Å². The Bertz CT molecular complexity index is 475. The first-order chi connectivity index (χ1) is 7.74. The van der Waals surface area contributed by atoms with Gasteiger partial charge in [0.2, 0.25) is 0 Å². The van der Waals surface area contributed by atoms with E-state index in [9.17, 15) is 0 Å². The van der Waals surface area contributed by atoms with Crippen LogP contribution in [-0.2, 0) is 0 Å². The van der Waals surface area contributed by atoms with E-state index in [1.165, 1.54) is 9.13 Å². The summed E-state index contributed by atoms with van der Waals surface area (Å²) >= 11 is 2.29. The summed E-state index contributed by atoms with van der Waals surface area (Å²) in [7, 11) is 0. The number of hydrogen-bond donors (Lipinski definition) is 0.